The molecule has 1 aromatic heterocycles. The highest BCUT2D eigenvalue weighted by Gasteiger charge is 2.45. The Hall–Kier alpha value is -2.42. The Morgan fingerprint density at radius 3 is 2.65 bits per heavy atom. The maximum atomic E-state index is 13.2. The van der Waals surface area contributed by atoms with Gasteiger partial charge in [0, 0.05) is 18.7 Å². The van der Waals surface area contributed by atoms with E-state index in [0.717, 1.165) is 31.5 Å². The number of allylic oxidation sites excluding steroid dienone is 2. The fraction of sp³-hybridized carbons (Fsp3) is 0.391. The molecule has 0 aliphatic heterocycles. The molecule has 2 aromatic rings. The highest BCUT2D eigenvalue weighted by molar-refractivity contribution is 5.83. The Morgan fingerprint density at radius 2 is 1.92 bits per heavy atom. The lowest BCUT2D eigenvalue weighted by Crippen LogP contribution is -2.36. The third-order valence-corrected chi connectivity index (χ3v) is 5.58. The molecule has 134 valence electrons. The summed E-state index contributed by atoms with van der Waals surface area (Å²) in [6.45, 7) is 1.47. The largest absolute Gasteiger partial charge is 0.336 e. The third-order valence-electron chi connectivity index (χ3n) is 5.58. The van der Waals surface area contributed by atoms with Gasteiger partial charge in [0.2, 0.25) is 5.91 Å². The molecule has 2 aliphatic rings. The summed E-state index contributed by atoms with van der Waals surface area (Å²) in [5.74, 6) is 1.40. The Labute approximate surface area is 155 Å². The van der Waals surface area contributed by atoms with Crippen LogP contribution < -0.4 is 0 Å². The van der Waals surface area contributed by atoms with Gasteiger partial charge in [0.1, 0.15) is 0 Å². The zero-order valence-electron chi connectivity index (χ0n) is 15.1. The van der Waals surface area contributed by atoms with Crippen LogP contribution in [0.15, 0.2) is 66.9 Å². The summed E-state index contributed by atoms with van der Waals surface area (Å²) in [5.41, 5.74) is 2.27. The molecule has 1 saturated carbocycles. The van der Waals surface area contributed by atoms with E-state index >= 15 is 0 Å². The first-order valence-corrected chi connectivity index (χ1v) is 9.70. The van der Waals surface area contributed by atoms with Crippen LogP contribution in [0.5, 0.6) is 0 Å². The standard InChI is InChI=1S/C23H26N2O/c26-23(22-15-21(22)19-11-5-2-6-12-19)25(16-18-9-3-1-4-10-18)17-20-13-7-8-14-24-20/h1-3,5-8,11-14,18,21-22H,4,9-10,15-17H2/t18-,21-,22-/m0/s1. The van der Waals surface area contributed by atoms with Gasteiger partial charge < -0.3 is 4.90 Å². The van der Waals surface area contributed by atoms with E-state index in [1.807, 2.05) is 30.5 Å². The molecule has 26 heavy (non-hydrogen) atoms. The first-order valence-electron chi connectivity index (χ1n) is 9.70. The minimum absolute atomic E-state index is 0.139. The van der Waals surface area contributed by atoms with Crippen molar-refractivity contribution in [1.82, 2.24) is 9.88 Å². The monoisotopic (exact) mass is 346 g/mol. The van der Waals surface area contributed by atoms with Crippen molar-refractivity contribution in [2.24, 2.45) is 11.8 Å². The van der Waals surface area contributed by atoms with Gasteiger partial charge in [-0.3, -0.25) is 9.78 Å². The van der Waals surface area contributed by atoms with Gasteiger partial charge in [0.25, 0.3) is 0 Å². The maximum absolute atomic E-state index is 13.2. The molecule has 3 nitrogen and oxygen atoms in total. The number of benzene rings is 1. The summed E-state index contributed by atoms with van der Waals surface area (Å²) in [4.78, 5) is 19.8. The number of hydrogen-bond acceptors (Lipinski definition) is 2. The molecule has 3 heteroatoms. The second-order valence-corrected chi connectivity index (χ2v) is 7.55. The summed E-state index contributed by atoms with van der Waals surface area (Å²) in [5, 5.41) is 0. The van der Waals surface area contributed by atoms with Crippen LogP contribution in [0.2, 0.25) is 0 Å². The SMILES string of the molecule is O=C([C@H]1C[C@H]1c1ccccc1)N(Cc1ccccn1)C[C@H]1CC=CCC1. The van der Waals surface area contributed by atoms with E-state index in [4.69, 9.17) is 0 Å². The first kappa shape index (κ1) is 17.0. The average molecular weight is 346 g/mol. The number of nitrogens with zero attached hydrogens (tertiary/aromatic N) is 2. The molecule has 2 aliphatic carbocycles. The lowest BCUT2D eigenvalue weighted by molar-refractivity contribution is -0.134. The van der Waals surface area contributed by atoms with Gasteiger partial charge in [-0.2, -0.15) is 0 Å². The van der Waals surface area contributed by atoms with E-state index in [9.17, 15) is 4.79 Å². The molecule has 0 bridgehead atoms. The van der Waals surface area contributed by atoms with Crippen LogP contribution in [0, 0.1) is 11.8 Å². The fourth-order valence-electron chi connectivity index (χ4n) is 4.02. The van der Waals surface area contributed by atoms with Gasteiger partial charge in [0.05, 0.1) is 12.2 Å². The van der Waals surface area contributed by atoms with Gasteiger partial charge >= 0.3 is 0 Å². The van der Waals surface area contributed by atoms with Crippen LogP contribution in [0.1, 0.15) is 42.9 Å². The summed E-state index contributed by atoms with van der Waals surface area (Å²) in [6.07, 6.45) is 10.7. The Kier molecular flexibility index (Phi) is 5.14. The smallest absolute Gasteiger partial charge is 0.226 e. The quantitative estimate of drug-likeness (QED) is 0.718. The number of carbonyl (C=O) groups excluding carboxylic acids is 1. The van der Waals surface area contributed by atoms with Gasteiger partial charge in [-0.15, -0.1) is 0 Å². The number of rotatable bonds is 6. The predicted molar refractivity (Wildman–Crippen MR) is 103 cm³/mol. The molecular formula is C23H26N2O. The lowest BCUT2D eigenvalue weighted by Gasteiger charge is -2.28. The van der Waals surface area contributed by atoms with Crippen LogP contribution in [-0.2, 0) is 11.3 Å². The lowest BCUT2D eigenvalue weighted by atomic mass is 9.93. The number of hydrogen-bond donors (Lipinski definition) is 0. The van der Waals surface area contributed by atoms with Crippen molar-refractivity contribution in [2.75, 3.05) is 6.54 Å². The molecule has 3 atom stereocenters. The van der Waals surface area contributed by atoms with Crippen LogP contribution in [0.3, 0.4) is 0 Å². The molecule has 0 spiro atoms. The minimum atomic E-state index is 0.139. The summed E-state index contributed by atoms with van der Waals surface area (Å²) in [6, 6.07) is 16.4. The van der Waals surface area contributed by atoms with Crippen LogP contribution >= 0.6 is 0 Å². The summed E-state index contributed by atoms with van der Waals surface area (Å²) in [7, 11) is 0. The van der Waals surface area contributed by atoms with Crippen molar-refractivity contribution < 1.29 is 4.79 Å². The topological polar surface area (TPSA) is 33.2 Å². The van der Waals surface area contributed by atoms with Crippen molar-refractivity contribution in [2.45, 2.75) is 38.1 Å². The molecule has 0 saturated heterocycles. The van der Waals surface area contributed by atoms with E-state index in [2.05, 4.69) is 46.3 Å². The van der Waals surface area contributed by atoms with Gasteiger partial charge in [-0.1, -0.05) is 48.6 Å². The molecule has 1 heterocycles. The number of carbonyl (C=O) groups is 1. The second kappa shape index (κ2) is 7.86. The first-order chi connectivity index (χ1) is 12.8. The highest BCUT2D eigenvalue weighted by Crippen LogP contribution is 2.48. The molecule has 0 N–H and O–H groups in total. The van der Waals surface area contributed by atoms with Crippen molar-refractivity contribution in [3.05, 3.63) is 78.1 Å². The van der Waals surface area contributed by atoms with E-state index in [1.54, 1.807) is 0 Å². The van der Waals surface area contributed by atoms with Crippen LogP contribution in [0.4, 0.5) is 0 Å². The Balaban J connectivity index is 1.46. The Morgan fingerprint density at radius 1 is 1.08 bits per heavy atom. The normalized spacial score (nSPS) is 24.2. The minimum Gasteiger partial charge on any atom is -0.336 e. The molecule has 1 amide bonds. The second-order valence-electron chi connectivity index (χ2n) is 7.55. The molecule has 0 radical (unpaired) electrons. The van der Waals surface area contributed by atoms with Crippen LogP contribution in [0.25, 0.3) is 0 Å². The molecule has 4 rings (SSSR count). The zero-order valence-corrected chi connectivity index (χ0v) is 15.1. The van der Waals surface area contributed by atoms with E-state index in [-0.39, 0.29) is 5.92 Å². The van der Waals surface area contributed by atoms with Crippen LogP contribution in [-0.4, -0.2) is 22.3 Å². The number of amides is 1. The predicted octanol–water partition coefficient (Wildman–Crippen LogP) is 4.57. The molecule has 0 unspecified atom stereocenters. The summed E-state index contributed by atoms with van der Waals surface area (Å²) < 4.78 is 0. The van der Waals surface area contributed by atoms with Gasteiger partial charge in [-0.05, 0) is 55.2 Å². The van der Waals surface area contributed by atoms with Gasteiger partial charge in [0.15, 0.2) is 0 Å². The van der Waals surface area contributed by atoms with Crippen molar-refractivity contribution in [3.8, 4) is 0 Å². The zero-order chi connectivity index (χ0) is 17.8. The van der Waals surface area contributed by atoms with E-state index in [0.29, 0.717) is 24.3 Å². The molecule has 1 aromatic carbocycles. The maximum Gasteiger partial charge on any atom is 0.226 e. The average Bonchev–Trinajstić information content (AvgIpc) is 3.50. The van der Waals surface area contributed by atoms with Crippen molar-refractivity contribution in [3.63, 3.8) is 0 Å². The summed E-state index contributed by atoms with van der Waals surface area (Å²) >= 11 is 0. The Bertz CT molecular complexity index is 756. The number of aromatic nitrogens is 1. The third kappa shape index (κ3) is 4.04. The highest BCUT2D eigenvalue weighted by atomic mass is 16.2. The fourth-order valence-corrected chi connectivity index (χ4v) is 4.02. The molecular weight excluding hydrogens is 320 g/mol. The van der Waals surface area contributed by atoms with E-state index < -0.39 is 0 Å². The van der Waals surface area contributed by atoms with E-state index in [1.165, 1.54) is 12.0 Å². The van der Waals surface area contributed by atoms with Gasteiger partial charge in [-0.25, -0.2) is 0 Å². The van der Waals surface area contributed by atoms with Crippen molar-refractivity contribution in [1.29, 1.82) is 0 Å². The molecule has 1 fully saturated rings. The van der Waals surface area contributed by atoms with Crippen molar-refractivity contribution >= 4 is 5.91 Å². The number of pyridine rings is 1.